The monoisotopic (exact) mass is 296 g/mol. The predicted molar refractivity (Wildman–Crippen MR) is 75.8 cm³/mol. The van der Waals surface area contributed by atoms with Crippen LogP contribution in [0.1, 0.15) is 13.8 Å². The van der Waals surface area contributed by atoms with Gasteiger partial charge in [-0.15, -0.1) is 0 Å². The van der Waals surface area contributed by atoms with Crippen LogP contribution in [-0.4, -0.2) is 16.6 Å². The van der Waals surface area contributed by atoms with Crippen molar-refractivity contribution in [3.8, 4) is 11.5 Å². The first kappa shape index (κ1) is 12.8. The highest BCUT2D eigenvalue weighted by atomic mass is 32.2. The van der Waals surface area contributed by atoms with Gasteiger partial charge in [0.15, 0.2) is 16.9 Å². The molecule has 0 saturated carbocycles. The van der Waals surface area contributed by atoms with Gasteiger partial charge in [-0.3, -0.25) is 4.79 Å². The van der Waals surface area contributed by atoms with Gasteiger partial charge >= 0.3 is 0 Å². The van der Waals surface area contributed by atoms with Gasteiger partial charge in [-0.1, -0.05) is 11.3 Å². The molecular formula is C13H12O4S2. The van der Waals surface area contributed by atoms with E-state index < -0.39 is 17.0 Å². The summed E-state index contributed by atoms with van der Waals surface area (Å²) in [7, 11) is 0. The molecule has 1 aromatic carbocycles. The first-order chi connectivity index (χ1) is 8.85. The zero-order valence-electron chi connectivity index (χ0n) is 10.7. The summed E-state index contributed by atoms with van der Waals surface area (Å²) in [6.07, 6.45) is 1.56. The molecule has 1 aliphatic heterocycles. The summed E-state index contributed by atoms with van der Waals surface area (Å²) in [6.45, 7) is 3.62. The fraction of sp³-hybridized carbons (Fsp3) is 0.308. The van der Waals surface area contributed by atoms with E-state index in [-0.39, 0.29) is 5.43 Å². The van der Waals surface area contributed by atoms with Crippen molar-refractivity contribution in [1.29, 1.82) is 0 Å². The highest BCUT2D eigenvalue weighted by Crippen LogP contribution is 2.42. The van der Waals surface area contributed by atoms with Crippen molar-refractivity contribution in [2.24, 2.45) is 0 Å². The minimum atomic E-state index is -1.16. The molecule has 100 valence electrons. The molecule has 1 aromatic heterocycles. The van der Waals surface area contributed by atoms with Crippen LogP contribution < -0.4 is 14.9 Å². The third-order valence-corrected chi connectivity index (χ3v) is 5.28. The Morgan fingerprint density at radius 3 is 2.47 bits per heavy atom. The molecule has 19 heavy (non-hydrogen) atoms. The second-order valence-electron chi connectivity index (χ2n) is 4.78. The van der Waals surface area contributed by atoms with E-state index in [0.29, 0.717) is 21.1 Å². The fourth-order valence-electron chi connectivity index (χ4n) is 1.99. The molecule has 1 aliphatic rings. The average molecular weight is 296 g/mol. The Morgan fingerprint density at radius 1 is 1.21 bits per heavy atom. The summed E-state index contributed by atoms with van der Waals surface area (Å²) in [5.74, 6) is 0.475. The minimum Gasteiger partial charge on any atom is -0.611 e. The highest BCUT2D eigenvalue weighted by Gasteiger charge is 2.32. The maximum absolute atomic E-state index is 12.0. The van der Waals surface area contributed by atoms with Gasteiger partial charge in [-0.05, 0) is 17.2 Å². The smallest absolute Gasteiger partial charge is 0.246 e. The summed E-state index contributed by atoms with van der Waals surface area (Å²) < 4.78 is 24.1. The van der Waals surface area contributed by atoms with Crippen LogP contribution in [0.15, 0.2) is 27.2 Å². The lowest BCUT2D eigenvalue weighted by Gasteiger charge is -2.16. The summed E-state index contributed by atoms with van der Waals surface area (Å²) in [5.41, 5.74) is -0.143. The van der Waals surface area contributed by atoms with Crippen molar-refractivity contribution in [2.45, 2.75) is 23.8 Å². The number of benzene rings is 1. The molecular weight excluding hydrogens is 284 g/mol. The van der Waals surface area contributed by atoms with Crippen LogP contribution in [-0.2, 0) is 11.2 Å². The molecule has 0 bridgehead atoms. The summed E-state index contributed by atoms with van der Waals surface area (Å²) in [5, 5.41) is 0.569. The number of hydrogen-bond donors (Lipinski definition) is 0. The second kappa shape index (κ2) is 4.13. The Labute approximate surface area is 117 Å². The normalized spacial score (nSPS) is 17.7. The molecule has 0 radical (unpaired) electrons. The van der Waals surface area contributed by atoms with E-state index in [1.807, 2.05) is 13.8 Å². The SMILES string of the molecule is C[S+]([O-])c1cc(=O)c2cc3c(cc2s1)OC(C)(C)O3. The zero-order chi connectivity index (χ0) is 13.8. The lowest BCUT2D eigenvalue weighted by molar-refractivity contribution is -0.0431. The van der Waals surface area contributed by atoms with E-state index in [2.05, 4.69) is 0 Å². The molecule has 3 rings (SSSR count). The minimum absolute atomic E-state index is 0.143. The number of hydrogen-bond acceptors (Lipinski definition) is 5. The molecule has 4 nitrogen and oxygen atoms in total. The largest absolute Gasteiger partial charge is 0.611 e. The zero-order valence-corrected chi connectivity index (χ0v) is 12.3. The van der Waals surface area contributed by atoms with Crippen molar-refractivity contribution in [3.05, 3.63) is 28.4 Å². The Hall–Kier alpha value is -1.24. The maximum Gasteiger partial charge on any atom is 0.246 e. The molecule has 0 aliphatic carbocycles. The standard InChI is InChI=1S/C13H12O4S2/c1-13(2)16-9-4-7-8(14)5-12(19(3)15)18-11(7)6-10(9)17-13/h4-6H,1-3H3. The Kier molecular flexibility index (Phi) is 2.78. The quantitative estimate of drug-likeness (QED) is 0.759. The Morgan fingerprint density at radius 2 is 1.84 bits per heavy atom. The van der Waals surface area contributed by atoms with Gasteiger partial charge in [0, 0.05) is 30.0 Å². The van der Waals surface area contributed by atoms with Crippen LogP contribution in [0.4, 0.5) is 0 Å². The van der Waals surface area contributed by atoms with E-state index >= 15 is 0 Å². The van der Waals surface area contributed by atoms with Crippen LogP contribution in [0.2, 0.25) is 0 Å². The highest BCUT2D eigenvalue weighted by molar-refractivity contribution is 7.92. The van der Waals surface area contributed by atoms with Crippen molar-refractivity contribution in [2.75, 3.05) is 6.26 Å². The van der Waals surface area contributed by atoms with Gasteiger partial charge in [0.25, 0.3) is 0 Å². The van der Waals surface area contributed by atoms with Crippen LogP contribution in [0.3, 0.4) is 0 Å². The molecule has 2 aromatic rings. The molecule has 0 fully saturated rings. The van der Waals surface area contributed by atoms with Crippen LogP contribution >= 0.6 is 11.3 Å². The van der Waals surface area contributed by atoms with Crippen molar-refractivity contribution in [3.63, 3.8) is 0 Å². The van der Waals surface area contributed by atoms with Gasteiger partial charge in [0.2, 0.25) is 10.00 Å². The second-order valence-corrected chi connectivity index (χ2v) is 7.47. The Bertz CT molecular complexity index is 718. The van der Waals surface area contributed by atoms with E-state index in [9.17, 15) is 9.35 Å². The van der Waals surface area contributed by atoms with Gasteiger partial charge < -0.3 is 14.0 Å². The molecule has 0 saturated heterocycles. The summed E-state index contributed by atoms with van der Waals surface area (Å²) in [6, 6.07) is 4.90. The lowest BCUT2D eigenvalue weighted by Crippen LogP contribution is -2.29. The molecule has 1 atom stereocenters. The van der Waals surface area contributed by atoms with E-state index in [4.69, 9.17) is 9.47 Å². The van der Waals surface area contributed by atoms with E-state index in [1.54, 1.807) is 18.4 Å². The third-order valence-electron chi connectivity index (χ3n) is 2.77. The maximum atomic E-state index is 12.0. The van der Waals surface area contributed by atoms with Crippen LogP contribution in [0, 0.1) is 0 Å². The molecule has 6 heteroatoms. The molecule has 1 unspecified atom stereocenters. The fourth-order valence-corrected chi connectivity index (χ4v) is 3.82. The molecule has 2 heterocycles. The molecule has 0 amide bonds. The number of rotatable bonds is 1. The van der Waals surface area contributed by atoms with Gasteiger partial charge in [0.05, 0.1) is 6.07 Å². The first-order valence-electron chi connectivity index (χ1n) is 5.69. The predicted octanol–water partition coefficient (Wildman–Crippen LogP) is 2.51. The van der Waals surface area contributed by atoms with Crippen molar-refractivity contribution < 1.29 is 14.0 Å². The topological polar surface area (TPSA) is 58.6 Å². The molecule has 0 spiro atoms. The number of ether oxygens (including phenoxy) is 2. The van der Waals surface area contributed by atoms with E-state index in [0.717, 1.165) is 4.70 Å². The lowest BCUT2D eigenvalue weighted by atomic mass is 10.2. The third kappa shape index (κ3) is 2.20. The average Bonchev–Trinajstić information content (AvgIpc) is 2.59. The van der Waals surface area contributed by atoms with Crippen molar-refractivity contribution in [1.82, 2.24) is 0 Å². The summed E-state index contributed by atoms with van der Waals surface area (Å²) >= 11 is 0.177. The number of fused-ring (bicyclic) bond motifs is 2. The van der Waals surface area contributed by atoms with Gasteiger partial charge in [-0.25, -0.2) is 0 Å². The van der Waals surface area contributed by atoms with E-state index in [1.165, 1.54) is 17.4 Å². The van der Waals surface area contributed by atoms with Crippen molar-refractivity contribution >= 4 is 32.6 Å². The van der Waals surface area contributed by atoms with Gasteiger partial charge in [0.1, 0.15) is 6.26 Å². The van der Waals surface area contributed by atoms with Gasteiger partial charge in [-0.2, -0.15) is 0 Å². The van der Waals surface area contributed by atoms with Crippen LogP contribution in [0.25, 0.3) is 10.1 Å². The molecule has 0 N–H and O–H groups in total. The first-order valence-corrected chi connectivity index (χ1v) is 8.06. The Balaban J connectivity index is 2.24. The summed E-state index contributed by atoms with van der Waals surface area (Å²) in [4.78, 5) is 12.0. The van der Waals surface area contributed by atoms with Crippen LogP contribution in [0.5, 0.6) is 11.5 Å².